The van der Waals surface area contributed by atoms with Crippen molar-refractivity contribution >= 4 is 10.0 Å². The first-order valence-electron chi connectivity index (χ1n) is 6.13. The van der Waals surface area contributed by atoms with Gasteiger partial charge >= 0.3 is 0 Å². The number of nitrogens with zero attached hydrogens (tertiary/aromatic N) is 1. The van der Waals surface area contributed by atoms with Crippen molar-refractivity contribution in [1.82, 2.24) is 4.31 Å². The van der Waals surface area contributed by atoms with Crippen LogP contribution >= 0.6 is 0 Å². The molecule has 0 radical (unpaired) electrons. The second-order valence-corrected chi connectivity index (χ2v) is 7.19. The average molecular weight is 248 g/mol. The van der Waals surface area contributed by atoms with E-state index in [1.54, 1.807) is 4.31 Å². The van der Waals surface area contributed by atoms with Gasteiger partial charge in [0.1, 0.15) is 0 Å². The molecule has 1 rings (SSSR count). The zero-order valence-electron chi connectivity index (χ0n) is 10.4. The molecule has 96 valence electrons. The van der Waals surface area contributed by atoms with Crippen LogP contribution in [0.25, 0.3) is 0 Å². The van der Waals surface area contributed by atoms with Crippen molar-refractivity contribution in [2.75, 3.05) is 25.4 Å². The minimum Gasteiger partial charge on any atom is -0.330 e. The number of nitrogens with two attached hydrogens (primary N) is 1. The SMILES string of the molecule is CC(C)CCS(=O)(=O)N1CCCC(CN)C1. The van der Waals surface area contributed by atoms with Crippen LogP contribution in [0.5, 0.6) is 0 Å². The van der Waals surface area contributed by atoms with Crippen molar-refractivity contribution in [3.8, 4) is 0 Å². The summed E-state index contributed by atoms with van der Waals surface area (Å²) in [6, 6.07) is 0. The van der Waals surface area contributed by atoms with Gasteiger partial charge in [-0.05, 0) is 37.6 Å². The smallest absolute Gasteiger partial charge is 0.214 e. The molecule has 0 aromatic carbocycles. The summed E-state index contributed by atoms with van der Waals surface area (Å²) in [5.41, 5.74) is 5.61. The Bertz CT molecular complexity index is 301. The number of hydrogen-bond acceptors (Lipinski definition) is 3. The van der Waals surface area contributed by atoms with Crippen LogP contribution in [-0.4, -0.2) is 38.1 Å². The molecule has 0 aromatic heterocycles. The molecule has 16 heavy (non-hydrogen) atoms. The van der Waals surface area contributed by atoms with Crippen LogP contribution in [0, 0.1) is 11.8 Å². The monoisotopic (exact) mass is 248 g/mol. The third kappa shape index (κ3) is 4.03. The van der Waals surface area contributed by atoms with Crippen LogP contribution in [0.4, 0.5) is 0 Å². The molecule has 0 aliphatic carbocycles. The number of rotatable bonds is 5. The van der Waals surface area contributed by atoms with Crippen molar-refractivity contribution in [3.63, 3.8) is 0 Å². The Morgan fingerprint density at radius 3 is 2.69 bits per heavy atom. The summed E-state index contributed by atoms with van der Waals surface area (Å²) in [6.45, 7) is 5.99. The average Bonchev–Trinajstić information content (AvgIpc) is 2.27. The summed E-state index contributed by atoms with van der Waals surface area (Å²) in [5.74, 6) is 1.06. The Balaban J connectivity index is 2.54. The van der Waals surface area contributed by atoms with Crippen LogP contribution < -0.4 is 5.73 Å². The van der Waals surface area contributed by atoms with Gasteiger partial charge in [0.25, 0.3) is 0 Å². The minimum absolute atomic E-state index is 0.280. The summed E-state index contributed by atoms with van der Waals surface area (Å²) < 4.78 is 25.7. The van der Waals surface area contributed by atoms with Gasteiger partial charge < -0.3 is 5.73 Å². The lowest BCUT2D eigenvalue weighted by molar-refractivity contribution is 0.271. The van der Waals surface area contributed by atoms with Gasteiger partial charge in [0.2, 0.25) is 10.0 Å². The van der Waals surface area contributed by atoms with E-state index in [1.807, 2.05) is 0 Å². The summed E-state index contributed by atoms with van der Waals surface area (Å²) >= 11 is 0. The first kappa shape index (κ1) is 13.9. The fourth-order valence-electron chi connectivity index (χ4n) is 1.99. The highest BCUT2D eigenvalue weighted by Gasteiger charge is 2.27. The molecule has 0 bridgehead atoms. The Hall–Kier alpha value is -0.130. The van der Waals surface area contributed by atoms with Crippen molar-refractivity contribution in [1.29, 1.82) is 0 Å². The van der Waals surface area contributed by atoms with E-state index < -0.39 is 10.0 Å². The first-order valence-corrected chi connectivity index (χ1v) is 7.74. The molecule has 1 unspecified atom stereocenters. The summed E-state index contributed by atoms with van der Waals surface area (Å²) in [5, 5.41) is 0. The minimum atomic E-state index is -3.04. The highest BCUT2D eigenvalue weighted by molar-refractivity contribution is 7.89. The Kier molecular flexibility index (Phi) is 5.21. The fraction of sp³-hybridized carbons (Fsp3) is 1.00. The van der Waals surface area contributed by atoms with E-state index in [1.165, 1.54) is 0 Å². The molecule has 0 spiro atoms. The van der Waals surface area contributed by atoms with E-state index in [0.717, 1.165) is 19.3 Å². The third-order valence-corrected chi connectivity index (χ3v) is 5.03. The molecule has 1 aliphatic rings. The van der Waals surface area contributed by atoms with E-state index in [2.05, 4.69) is 13.8 Å². The highest BCUT2D eigenvalue weighted by Crippen LogP contribution is 2.19. The third-order valence-electron chi connectivity index (χ3n) is 3.16. The van der Waals surface area contributed by atoms with Crippen molar-refractivity contribution < 1.29 is 8.42 Å². The summed E-state index contributed by atoms with van der Waals surface area (Å²) in [7, 11) is -3.04. The molecule has 4 nitrogen and oxygen atoms in total. The van der Waals surface area contributed by atoms with Gasteiger partial charge in [-0.1, -0.05) is 13.8 Å². The van der Waals surface area contributed by atoms with Crippen LogP contribution in [0.1, 0.15) is 33.1 Å². The van der Waals surface area contributed by atoms with E-state index in [0.29, 0.717) is 31.5 Å². The molecular formula is C11H24N2O2S. The molecule has 0 amide bonds. The van der Waals surface area contributed by atoms with Gasteiger partial charge in [0.15, 0.2) is 0 Å². The second-order valence-electron chi connectivity index (χ2n) is 5.10. The molecule has 1 atom stereocenters. The van der Waals surface area contributed by atoms with Crippen LogP contribution in [-0.2, 0) is 10.0 Å². The first-order chi connectivity index (χ1) is 7.45. The van der Waals surface area contributed by atoms with Gasteiger partial charge in [0.05, 0.1) is 5.75 Å². The van der Waals surface area contributed by atoms with Crippen molar-refractivity contribution in [3.05, 3.63) is 0 Å². The Morgan fingerprint density at radius 2 is 2.12 bits per heavy atom. The maximum Gasteiger partial charge on any atom is 0.214 e. The lowest BCUT2D eigenvalue weighted by atomic mass is 10.0. The molecular weight excluding hydrogens is 224 g/mol. The standard InChI is InChI=1S/C11H24N2O2S/c1-10(2)5-7-16(14,15)13-6-3-4-11(8-12)9-13/h10-11H,3-9,12H2,1-2H3. The quantitative estimate of drug-likeness (QED) is 0.790. The van der Waals surface area contributed by atoms with Gasteiger partial charge in [0, 0.05) is 13.1 Å². The van der Waals surface area contributed by atoms with E-state index in [-0.39, 0.29) is 5.75 Å². The molecule has 5 heteroatoms. The van der Waals surface area contributed by atoms with Gasteiger partial charge in [-0.15, -0.1) is 0 Å². The van der Waals surface area contributed by atoms with E-state index in [4.69, 9.17) is 5.73 Å². The fourth-order valence-corrected chi connectivity index (χ4v) is 3.86. The molecule has 1 saturated heterocycles. The Labute approximate surface area is 99.2 Å². The van der Waals surface area contributed by atoms with Crippen LogP contribution in [0.3, 0.4) is 0 Å². The largest absolute Gasteiger partial charge is 0.330 e. The van der Waals surface area contributed by atoms with Crippen molar-refractivity contribution in [2.24, 2.45) is 17.6 Å². The second kappa shape index (κ2) is 5.98. The maximum atomic E-state index is 12.0. The summed E-state index contributed by atoms with van der Waals surface area (Å²) in [4.78, 5) is 0. The van der Waals surface area contributed by atoms with Crippen LogP contribution in [0.15, 0.2) is 0 Å². The topological polar surface area (TPSA) is 63.4 Å². The van der Waals surface area contributed by atoms with Crippen LogP contribution in [0.2, 0.25) is 0 Å². The maximum absolute atomic E-state index is 12.0. The summed E-state index contributed by atoms with van der Waals surface area (Å²) in [6.07, 6.45) is 2.75. The highest BCUT2D eigenvalue weighted by atomic mass is 32.2. The molecule has 1 heterocycles. The predicted octanol–water partition coefficient (Wildman–Crippen LogP) is 1.03. The predicted molar refractivity (Wildman–Crippen MR) is 66.6 cm³/mol. The zero-order chi connectivity index (χ0) is 12.2. The van der Waals surface area contributed by atoms with Gasteiger partial charge in [-0.3, -0.25) is 0 Å². The lowest BCUT2D eigenvalue weighted by Gasteiger charge is -2.31. The molecule has 0 aromatic rings. The van der Waals surface area contributed by atoms with E-state index >= 15 is 0 Å². The molecule has 1 aliphatic heterocycles. The molecule has 1 fully saturated rings. The Morgan fingerprint density at radius 1 is 1.44 bits per heavy atom. The normalized spacial score (nSPS) is 23.9. The van der Waals surface area contributed by atoms with Gasteiger partial charge in [-0.25, -0.2) is 12.7 Å². The van der Waals surface area contributed by atoms with E-state index in [9.17, 15) is 8.42 Å². The zero-order valence-corrected chi connectivity index (χ0v) is 11.2. The molecule has 2 N–H and O–H groups in total. The molecule has 0 saturated carbocycles. The lowest BCUT2D eigenvalue weighted by Crippen LogP contribution is -2.43. The number of piperidine rings is 1. The number of hydrogen-bond donors (Lipinski definition) is 1. The number of sulfonamides is 1. The van der Waals surface area contributed by atoms with Crippen molar-refractivity contribution in [2.45, 2.75) is 33.1 Å². The van der Waals surface area contributed by atoms with Gasteiger partial charge in [-0.2, -0.15) is 0 Å².